The summed E-state index contributed by atoms with van der Waals surface area (Å²) >= 11 is 1.40. The van der Waals surface area contributed by atoms with Crippen LogP contribution in [-0.2, 0) is 6.42 Å². The summed E-state index contributed by atoms with van der Waals surface area (Å²) in [7, 11) is 1.82. The van der Waals surface area contributed by atoms with Crippen molar-refractivity contribution in [3.8, 4) is 0 Å². The molecule has 0 bridgehead atoms. The van der Waals surface area contributed by atoms with Crippen LogP contribution in [-0.4, -0.2) is 42.0 Å². The van der Waals surface area contributed by atoms with Crippen LogP contribution in [0.1, 0.15) is 27.5 Å². The zero-order valence-electron chi connectivity index (χ0n) is 12.4. The first-order valence-corrected chi connectivity index (χ1v) is 8.19. The van der Waals surface area contributed by atoms with Gasteiger partial charge in [0.2, 0.25) is 0 Å². The molecule has 0 aliphatic carbocycles. The van der Waals surface area contributed by atoms with Crippen LogP contribution in [0.2, 0.25) is 0 Å². The molecule has 1 fully saturated rings. The first-order valence-electron chi connectivity index (χ1n) is 7.31. The lowest BCUT2D eigenvalue weighted by atomic mass is 10.1. The average molecular weight is 319 g/mol. The van der Waals surface area contributed by atoms with Gasteiger partial charge in [-0.2, -0.15) is 0 Å². The van der Waals surface area contributed by atoms with E-state index < -0.39 is 0 Å². The number of hydrogen-bond donors (Lipinski definition) is 1. The molecular weight excluding hydrogens is 301 g/mol. The lowest BCUT2D eigenvalue weighted by molar-refractivity contribution is 0.0738. The van der Waals surface area contributed by atoms with Gasteiger partial charge in [-0.3, -0.25) is 4.79 Å². The lowest BCUT2D eigenvalue weighted by Crippen LogP contribution is -2.38. The van der Waals surface area contributed by atoms with Crippen molar-refractivity contribution in [3.05, 3.63) is 51.7 Å². The van der Waals surface area contributed by atoms with Gasteiger partial charge in [0.25, 0.3) is 5.91 Å². The molecule has 4 nitrogen and oxygen atoms in total. The van der Waals surface area contributed by atoms with Gasteiger partial charge in [-0.15, -0.1) is 11.3 Å². The molecule has 116 valence electrons. The van der Waals surface area contributed by atoms with Crippen molar-refractivity contribution in [1.82, 2.24) is 15.2 Å². The highest BCUT2D eigenvalue weighted by molar-refractivity contribution is 7.09. The molecule has 2 aromatic rings. The fourth-order valence-electron chi connectivity index (χ4n) is 2.61. The topological polar surface area (TPSA) is 45.2 Å². The minimum Gasteiger partial charge on any atom is -0.336 e. The number of nitrogens with zero attached hydrogens (tertiary/aromatic N) is 2. The Morgan fingerprint density at radius 3 is 3.05 bits per heavy atom. The summed E-state index contributed by atoms with van der Waals surface area (Å²) in [5.41, 5.74) is 1.05. The van der Waals surface area contributed by atoms with Gasteiger partial charge in [0.1, 0.15) is 11.5 Å². The number of hydrogen-bond acceptors (Lipinski definition) is 4. The number of carbonyl (C=O) groups excluding carboxylic acids is 1. The monoisotopic (exact) mass is 319 g/mol. The Kier molecular flexibility index (Phi) is 4.49. The van der Waals surface area contributed by atoms with E-state index in [2.05, 4.69) is 10.3 Å². The van der Waals surface area contributed by atoms with Crippen molar-refractivity contribution < 1.29 is 9.18 Å². The van der Waals surface area contributed by atoms with E-state index in [0.29, 0.717) is 17.7 Å². The lowest BCUT2D eigenvalue weighted by Gasteiger charge is -2.22. The predicted molar refractivity (Wildman–Crippen MR) is 84.7 cm³/mol. The second kappa shape index (κ2) is 6.54. The van der Waals surface area contributed by atoms with Gasteiger partial charge in [-0.05, 0) is 24.6 Å². The normalized spacial score (nSPS) is 17.6. The Morgan fingerprint density at radius 2 is 2.32 bits per heavy atom. The number of carbonyl (C=O) groups is 1. The summed E-state index contributed by atoms with van der Waals surface area (Å²) in [4.78, 5) is 18.6. The van der Waals surface area contributed by atoms with Gasteiger partial charge in [0, 0.05) is 31.4 Å². The maximum Gasteiger partial charge on any atom is 0.273 e. The fraction of sp³-hybridized carbons (Fsp3) is 0.375. The highest BCUT2D eigenvalue weighted by atomic mass is 32.1. The van der Waals surface area contributed by atoms with Crippen LogP contribution in [0.3, 0.4) is 0 Å². The zero-order valence-corrected chi connectivity index (χ0v) is 13.2. The third-order valence-electron chi connectivity index (χ3n) is 3.97. The zero-order chi connectivity index (χ0) is 15.5. The van der Waals surface area contributed by atoms with Crippen LogP contribution >= 0.6 is 11.3 Å². The van der Waals surface area contributed by atoms with E-state index in [4.69, 9.17) is 0 Å². The summed E-state index contributed by atoms with van der Waals surface area (Å²) in [6, 6.07) is 6.88. The molecular formula is C16H18FN3OS. The van der Waals surface area contributed by atoms with Crippen LogP contribution in [0.4, 0.5) is 4.39 Å². The molecule has 22 heavy (non-hydrogen) atoms. The van der Waals surface area contributed by atoms with E-state index in [1.54, 1.807) is 28.5 Å². The molecule has 0 unspecified atom stereocenters. The standard InChI is InChI=1S/C16H18FN3OS/c1-20(12-6-7-18-9-12)16(21)14-10-22-15(19-14)8-11-4-2-3-5-13(11)17/h2-5,10,12,18H,6-9H2,1H3/t12-/m1/s1. The third-order valence-corrected chi connectivity index (χ3v) is 4.82. The molecule has 0 spiro atoms. The number of likely N-dealkylation sites (N-methyl/N-ethyl adjacent to an activating group) is 1. The highest BCUT2D eigenvalue weighted by Crippen LogP contribution is 2.19. The molecule has 6 heteroatoms. The Hall–Kier alpha value is -1.79. The van der Waals surface area contributed by atoms with Crippen molar-refractivity contribution in [2.24, 2.45) is 0 Å². The second-order valence-electron chi connectivity index (χ2n) is 5.46. The van der Waals surface area contributed by atoms with Gasteiger partial charge >= 0.3 is 0 Å². The Bertz CT molecular complexity index is 667. The quantitative estimate of drug-likeness (QED) is 0.940. The molecule has 1 aliphatic rings. The number of nitrogens with one attached hydrogen (secondary N) is 1. The van der Waals surface area contributed by atoms with Crippen molar-refractivity contribution in [1.29, 1.82) is 0 Å². The van der Waals surface area contributed by atoms with Gasteiger partial charge in [0.15, 0.2) is 0 Å². The Labute approximate surface area is 133 Å². The number of rotatable bonds is 4. The smallest absolute Gasteiger partial charge is 0.273 e. The van der Waals surface area contributed by atoms with Crippen molar-refractivity contribution >= 4 is 17.2 Å². The van der Waals surface area contributed by atoms with Gasteiger partial charge in [-0.1, -0.05) is 18.2 Å². The van der Waals surface area contributed by atoms with E-state index in [-0.39, 0.29) is 17.8 Å². The molecule has 0 radical (unpaired) electrons. The minimum absolute atomic E-state index is 0.0651. The van der Waals surface area contributed by atoms with Gasteiger partial charge in [-0.25, -0.2) is 9.37 Å². The summed E-state index contributed by atoms with van der Waals surface area (Å²) in [6.45, 7) is 1.77. The highest BCUT2D eigenvalue weighted by Gasteiger charge is 2.25. The Morgan fingerprint density at radius 1 is 1.50 bits per heavy atom. The molecule has 1 aliphatic heterocycles. The summed E-state index contributed by atoms with van der Waals surface area (Å²) < 4.78 is 13.7. The fourth-order valence-corrected chi connectivity index (χ4v) is 3.40. The molecule has 1 saturated heterocycles. The van der Waals surface area contributed by atoms with E-state index in [0.717, 1.165) is 24.5 Å². The number of benzene rings is 1. The van der Waals surface area contributed by atoms with Crippen LogP contribution in [0.5, 0.6) is 0 Å². The van der Waals surface area contributed by atoms with Crippen LogP contribution in [0.15, 0.2) is 29.6 Å². The average Bonchev–Trinajstić information content (AvgIpc) is 3.19. The van der Waals surface area contributed by atoms with Crippen molar-refractivity contribution in [2.45, 2.75) is 18.9 Å². The summed E-state index contributed by atoms with van der Waals surface area (Å²) in [5, 5.41) is 5.77. The second-order valence-corrected chi connectivity index (χ2v) is 6.40. The third kappa shape index (κ3) is 3.18. The van der Waals surface area contributed by atoms with E-state index >= 15 is 0 Å². The van der Waals surface area contributed by atoms with Gasteiger partial charge < -0.3 is 10.2 Å². The Balaban J connectivity index is 1.70. The summed E-state index contributed by atoms with van der Waals surface area (Å²) in [6.07, 6.45) is 1.38. The van der Waals surface area contributed by atoms with Crippen LogP contribution < -0.4 is 5.32 Å². The largest absolute Gasteiger partial charge is 0.336 e. The molecule has 1 amide bonds. The number of thiazole rings is 1. The molecule has 1 atom stereocenters. The number of aromatic nitrogens is 1. The maximum atomic E-state index is 13.7. The van der Waals surface area contributed by atoms with Gasteiger partial charge in [0.05, 0.1) is 5.01 Å². The molecule has 1 aromatic carbocycles. The SMILES string of the molecule is CN(C(=O)c1csc(Cc2ccccc2F)n1)[C@@H]1CCNC1. The predicted octanol–water partition coefficient (Wildman–Crippen LogP) is 2.31. The number of amides is 1. The molecule has 1 N–H and O–H groups in total. The molecule has 1 aromatic heterocycles. The van der Waals surface area contributed by atoms with E-state index in [9.17, 15) is 9.18 Å². The molecule has 2 heterocycles. The first-order chi connectivity index (χ1) is 10.6. The van der Waals surface area contributed by atoms with Crippen LogP contribution in [0, 0.1) is 5.82 Å². The van der Waals surface area contributed by atoms with E-state index in [1.807, 2.05) is 7.05 Å². The number of halogens is 1. The molecule has 0 saturated carbocycles. The maximum absolute atomic E-state index is 13.7. The van der Waals surface area contributed by atoms with E-state index in [1.165, 1.54) is 17.4 Å². The van der Waals surface area contributed by atoms with Crippen molar-refractivity contribution in [2.75, 3.05) is 20.1 Å². The summed E-state index contributed by atoms with van der Waals surface area (Å²) in [5.74, 6) is -0.301. The van der Waals surface area contributed by atoms with Crippen LogP contribution in [0.25, 0.3) is 0 Å². The molecule has 3 rings (SSSR count). The minimum atomic E-state index is -0.236. The first kappa shape index (κ1) is 15.1. The van der Waals surface area contributed by atoms with Crippen molar-refractivity contribution in [3.63, 3.8) is 0 Å².